The molecule has 0 bridgehead atoms. The summed E-state index contributed by atoms with van der Waals surface area (Å²) >= 11 is 2.13. The van der Waals surface area contributed by atoms with Gasteiger partial charge in [0.15, 0.2) is 0 Å². The molecule has 1 aliphatic carbocycles. The Morgan fingerprint density at radius 1 is 1.47 bits per heavy atom. The van der Waals surface area contributed by atoms with Crippen LogP contribution in [0.3, 0.4) is 0 Å². The van der Waals surface area contributed by atoms with Crippen LogP contribution in [0.5, 0.6) is 0 Å². The van der Waals surface area contributed by atoms with Crippen LogP contribution in [0.4, 0.5) is 0 Å². The van der Waals surface area contributed by atoms with Gasteiger partial charge in [0.1, 0.15) is 0 Å². The summed E-state index contributed by atoms with van der Waals surface area (Å²) < 4.78 is 0. The molecule has 1 aliphatic rings. The molecule has 0 heterocycles. The normalized spacial score (nSPS) is 30.9. The number of thioether (sulfide) groups is 1. The van der Waals surface area contributed by atoms with Crippen molar-refractivity contribution in [3.63, 3.8) is 0 Å². The third-order valence-corrected chi connectivity index (χ3v) is 5.45. The van der Waals surface area contributed by atoms with Crippen molar-refractivity contribution in [2.75, 3.05) is 13.7 Å². The van der Waals surface area contributed by atoms with E-state index in [-0.39, 0.29) is 12.1 Å². The summed E-state index contributed by atoms with van der Waals surface area (Å²) in [6.45, 7) is 7.00. The van der Waals surface area contributed by atoms with Crippen LogP contribution >= 0.6 is 11.8 Å². The Morgan fingerprint density at radius 3 is 2.71 bits per heavy atom. The Bertz CT molecular complexity index is 218. The molecule has 0 aromatic carbocycles. The lowest BCUT2D eigenvalue weighted by Gasteiger charge is -2.33. The summed E-state index contributed by atoms with van der Waals surface area (Å²) in [5.41, 5.74) is -0.118. The van der Waals surface area contributed by atoms with Crippen molar-refractivity contribution in [1.82, 2.24) is 5.32 Å². The molecule has 4 unspecified atom stereocenters. The zero-order valence-corrected chi connectivity index (χ0v) is 12.6. The van der Waals surface area contributed by atoms with Crippen molar-refractivity contribution < 1.29 is 5.11 Å². The fourth-order valence-electron chi connectivity index (χ4n) is 2.76. The number of rotatable bonds is 6. The minimum atomic E-state index is -0.118. The first-order valence-electron chi connectivity index (χ1n) is 6.94. The van der Waals surface area contributed by atoms with Gasteiger partial charge in [-0.2, -0.15) is 11.8 Å². The molecule has 0 aromatic heterocycles. The second-order valence-corrected chi connectivity index (χ2v) is 7.76. The molecular formula is C14H29NOS. The van der Waals surface area contributed by atoms with E-state index < -0.39 is 0 Å². The molecule has 0 spiro atoms. The molecule has 0 amide bonds. The molecule has 1 saturated carbocycles. The standard InChI is InChI=1S/C14H29NOS/c1-11-6-5-7-13(8-11)17-12(2)9-14(3,10-16)15-4/h11-13,15-16H,5-10H2,1-4H3. The third-order valence-electron chi connectivity index (χ3n) is 4.00. The number of nitrogens with one attached hydrogen (secondary N) is 1. The Kier molecular flexibility index (Phi) is 6.32. The van der Waals surface area contributed by atoms with Gasteiger partial charge < -0.3 is 10.4 Å². The summed E-state index contributed by atoms with van der Waals surface area (Å²) in [4.78, 5) is 0. The smallest absolute Gasteiger partial charge is 0.0610 e. The zero-order valence-electron chi connectivity index (χ0n) is 11.8. The highest BCUT2D eigenvalue weighted by Crippen LogP contribution is 2.35. The molecule has 2 N–H and O–H groups in total. The minimum absolute atomic E-state index is 0.118. The van der Waals surface area contributed by atoms with Gasteiger partial charge in [0.05, 0.1) is 6.61 Å². The van der Waals surface area contributed by atoms with E-state index in [2.05, 4.69) is 37.8 Å². The predicted molar refractivity (Wildman–Crippen MR) is 77.6 cm³/mol. The van der Waals surface area contributed by atoms with Gasteiger partial charge in [0.25, 0.3) is 0 Å². The summed E-state index contributed by atoms with van der Waals surface area (Å²) in [5.74, 6) is 0.905. The van der Waals surface area contributed by atoms with Gasteiger partial charge in [-0.25, -0.2) is 0 Å². The first kappa shape index (κ1) is 15.3. The summed E-state index contributed by atoms with van der Waals surface area (Å²) in [7, 11) is 1.94. The van der Waals surface area contributed by atoms with E-state index in [0.717, 1.165) is 17.6 Å². The lowest BCUT2D eigenvalue weighted by molar-refractivity contribution is 0.174. The highest BCUT2D eigenvalue weighted by molar-refractivity contribution is 8.00. The Morgan fingerprint density at radius 2 is 2.18 bits per heavy atom. The molecule has 3 heteroatoms. The van der Waals surface area contributed by atoms with E-state index in [4.69, 9.17) is 0 Å². The monoisotopic (exact) mass is 259 g/mol. The van der Waals surface area contributed by atoms with Crippen LogP contribution < -0.4 is 5.32 Å². The Balaban J connectivity index is 2.35. The predicted octanol–water partition coefficient (Wildman–Crippen LogP) is 3.05. The highest BCUT2D eigenvalue weighted by Gasteiger charge is 2.27. The second kappa shape index (κ2) is 7.01. The Hall–Kier alpha value is 0.270. The molecule has 0 aliphatic heterocycles. The topological polar surface area (TPSA) is 32.3 Å². The SMILES string of the molecule is CNC(C)(CO)CC(C)SC1CCCC(C)C1. The van der Waals surface area contributed by atoms with Crippen molar-refractivity contribution in [3.8, 4) is 0 Å². The van der Waals surface area contributed by atoms with E-state index in [0.29, 0.717) is 5.25 Å². The van der Waals surface area contributed by atoms with Crippen molar-refractivity contribution in [3.05, 3.63) is 0 Å². The fourth-order valence-corrected chi connectivity index (χ4v) is 4.62. The molecule has 0 saturated heterocycles. The second-order valence-electron chi connectivity index (χ2n) is 6.01. The minimum Gasteiger partial charge on any atom is -0.394 e. The van der Waals surface area contributed by atoms with Crippen LogP contribution in [0.2, 0.25) is 0 Å². The number of hydrogen-bond acceptors (Lipinski definition) is 3. The van der Waals surface area contributed by atoms with Gasteiger partial charge in [0, 0.05) is 16.0 Å². The number of hydrogen-bond donors (Lipinski definition) is 2. The molecule has 2 nitrogen and oxygen atoms in total. The lowest BCUT2D eigenvalue weighted by Crippen LogP contribution is -2.45. The highest BCUT2D eigenvalue weighted by atomic mass is 32.2. The van der Waals surface area contributed by atoms with Crippen LogP contribution in [0.25, 0.3) is 0 Å². The maximum Gasteiger partial charge on any atom is 0.0610 e. The molecule has 1 rings (SSSR count). The largest absolute Gasteiger partial charge is 0.394 e. The van der Waals surface area contributed by atoms with Crippen LogP contribution in [0, 0.1) is 5.92 Å². The van der Waals surface area contributed by atoms with Crippen LogP contribution in [0.1, 0.15) is 52.9 Å². The van der Waals surface area contributed by atoms with E-state index in [1.54, 1.807) is 0 Å². The first-order valence-corrected chi connectivity index (χ1v) is 7.88. The molecule has 0 aromatic rings. The third kappa shape index (κ3) is 5.19. The summed E-state index contributed by atoms with van der Waals surface area (Å²) in [6.07, 6.45) is 6.61. The quantitative estimate of drug-likeness (QED) is 0.769. The van der Waals surface area contributed by atoms with Crippen molar-refractivity contribution in [2.24, 2.45) is 5.92 Å². The number of likely N-dealkylation sites (N-methyl/N-ethyl adjacent to an activating group) is 1. The lowest BCUT2D eigenvalue weighted by atomic mass is 9.90. The van der Waals surface area contributed by atoms with Gasteiger partial charge >= 0.3 is 0 Å². The van der Waals surface area contributed by atoms with Gasteiger partial charge in [0.2, 0.25) is 0 Å². The molecule has 0 radical (unpaired) electrons. The number of aliphatic hydroxyl groups excluding tert-OH is 1. The van der Waals surface area contributed by atoms with Crippen molar-refractivity contribution >= 4 is 11.8 Å². The van der Waals surface area contributed by atoms with Gasteiger partial charge in [-0.15, -0.1) is 0 Å². The van der Waals surface area contributed by atoms with E-state index in [1.807, 2.05) is 7.05 Å². The average Bonchev–Trinajstić information content (AvgIpc) is 2.28. The van der Waals surface area contributed by atoms with E-state index in [1.165, 1.54) is 25.7 Å². The molecule has 17 heavy (non-hydrogen) atoms. The molecule has 4 atom stereocenters. The molecule has 102 valence electrons. The Labute approximate surface area is 111 Å². The van der Waals surface area contributed by atoms with Crippen molar-refractivity contribution in [2.45, 2.75) is 68.9 Å². The van der Waals surface area contributed by atoms with Crippen molar-refractivity contribution in [1.29, 1.82) is 0 Å². The van der Waals surface area contributed by atoms with Gasteiger partial charge in [-0.1, -0.05) is 26.7 Å². The number of aliphatic hydroxyl groups is 1. The maximum atomic E-state index is 9.41. The van der Waals surface area contributed by atoms with Crippen LogP contribution in [-0.2, 0) is 0 Å². The summed E-state index contributed by atoms with van der Waals surface area (Å²) in [6, 6.07) is 0. The average molecular weight is 259 g/mol. The summed E-state index contributed by atoms with van der Waals surface area (Å²) in [5, 5.41) is 14.1. The van der Waals surface area contributed by atoms with Gasteiger partial charge in [-0.3, -0.25) is 0 Å². The molecule has 1 fully saturated rings. The van der Waals surface area contributed by atoms with Gasteiger partial charge in [-0.05, 0) is 39.2 Å². The van der Waals surface area contributed by atoms with E-state index >= 15 is 0 Å². The van der Waals surface area contributed by atoms with Crippen LogP contribution in [-0.4, -0.2) is 34.8 Å². The van der Waals surface area contributed by atoms with E-state index in [9.17, 15) is 5.11 Å². The van der Waals surface area contributed by atoms with Crippen LogP contribution in [0.15, 0.2) is 0 Å². The first-order chi connectivity index (χ1) is 7.99. The fraction of sp³-hybridized carbons (Fsp3) is 1.00. The molecular weight excluding hydrogens is 230 g/mol. The maximum absolute atomic E-state index is 9.41. The zero-order chi connectivity index (χ0) is 12.9.